The van der Waals surface area contributed by atoms with E-state index in [-0.39, 0.29) is 11.7 Å². The number of pyridine rings is 1. The summed E-state index contributed by atoms with van der Waals surface area (Å²) in [5.74, 6) is 2.18. The predicted octanol–water partition coefficient (Wildman–Crippen LogP) is 4.71. The van der Waals surface area contributed by atoms with Gasteiger partial charge < -0.3 is 15.5 Å². The largest absolute Gasteiger partial charge is 0.490 e. The second-order valence-corrected chi connectivity index (χ2v) is 9.20. The summed E-state index contributed by atoms with van der Waals surface area (Å²) in [4.78, 5) is 15.4. The molecule has 5 rings (SSSR count). The third-order valence-electron chi connectivity index (χ3n) is 7.23. The molecule has 0 saturated heterocycles. The first-order valence-electron chi connectivity index (χ1n) is 11.2. The number of nitrogens with two attached hydrogens (primary N) is 1. The van der Waals surface area contributed by atoms with Gasteiger partial charge >= 0.3 is 0 Å². The number of aromatic amines is 1. The maximum atomic E-state index is 12.5. The van der Waals surface area contributed by atoms with Crippen molar-refractivity contribution in [2.24, 2.45) is 17.6 Å². The Kier molecular flexibility index (Phi) is 5.11. The molecule has 4 nitrogen and oxygen atoms in total. The molecule has 1 heterocycles. The minimum absolute atomic E-state index is 0.0433. The fourth-order valence-corrected chi connectivity index (χ4v) is 5.46. The summed E-state index contributed by atoms with van der Waals surface area (Å²) in [5, 5.41) is 1.73. The lowest BCUT2D eigenvalue weighted by molar-refractivity contribution is 0.0316. The van der Waals surface area contributed by atoms with E-state index in [1.165, 1.54) is 12.0 Å². The van der Waals surface area contributed by atoms with Crippen LogP contribution in [0.4, 0.5) is 0 Å². The van der Waals surface area contributed by atoms with Gasteiger partial charge in [-0.1, -0.05) is 30.3 Å². The molecule has 3 aromatic rings. The monoisotopic (exact) mass is 402 g/mol. The van der Waals surface area contributed by atoms with Crippen molar-refractivity contribution in [1.29, 1.82) is 0 Å². The molecule has 0 spiro atoms. The molecule has 30 heavy (non-hydrogen) atoms. The zero-order valence-corrected chi connectivity index (χ0v) is 17.6. The van der Waals surface area contributed by atoms with E-state index in [1.807, 2.05) is 37.4 Å². The first-order valence-corrected chi connectivity index (χ1v) is 11.2. The van der Waals surface area contributed by atoms with Crippen molar-refractivity contribution in [3.8, 4) is 5.75 Å². The minimum atomic E-state index is -0.0433. The topological polar surface area (TPSA) is 68.1 Å². The van der Waals surface area contributed by atoms with Gasteiger partial charge in [0.05, 0.1) is 0 Å². The van der Waals surface area contributed by atoms with E-state index in [4.69, 9.17) is 10.5 Å². The van der Waals surface area contributed by atoms with Crippen molar-refractivity contribution >= 4 is 10.8 Å². The summed E-state index contributed by atoms with van der Waals surface area (Å²) in [6, 6.07) is 14.8. The van der Waals surface area contributed by atoms with E-state index in [1.54, 1.807) is 0 Å². The zero-order valence-electron chi connectivity index (χ0n) is 17.6. The van der Waals surface area contributed by atoms with Crippen molar-refractivity contribution in [2.75, 3.05) is 0 Å². The third-order valence-corrected chi connectivity index (χ3v) is 7.23. The van der Waals surface area contributed by atoms with Gasteiger partial charge in [-0.15, -0.1) is 0 Å². The quantitative estimate of drug-likeness (QED) is 0.664. The first kappa shape index (κ1) is 19.4. The first-order chi connectivity index (χ1) is 14.6. The maximum absolute atomic E-state index is 12.5. The molecular weight excluding hydrogens is 372 g/mol. The summed E-state index contributed by atoms with van der Waals surface area (Å²) in [6.45, 7) is 2.04. The predicted molar refractivity (Wildman–Crippen MR) is 121 cm³/mol. The molecule has 3 N–H and O–H groups in total. The summed E-state index contributed by atoms with van der Waals surface area (Å²) < 4.78 is 6.61. The van der Waals surface area contributed by atoms with Crippen LogP contribution < -0.4 is 16.0 Å². The van der Waals surface area contributed by atoms with E-state index in [2.05, 4.69) is 23.2 Å². The molecule has 4 heteroatoms. The number of H-pyrrole nitrogens is 1. The van der Waals surface area contributed by atoms with E-state index in [9.17, 15) is 4.79 Å². The molecule has 0 amide bonds. The van der Waals surface area contributed by atoms with Crippen molar-refractivity contribution in [3.63, 3.8) is 0 Å². The Labute approximate surface area is 177 Å². The molecule has 2 aromatic carbocycles. The Morgan fingerprint density at radius 1 is 1.03 bits per heavy atom. The number of hydrogen-bond donors (Lipinski definition) is 2. The average molecular weight is 403 g/mol. The highest BCUT2D eigenvalue weighted by Crippen LogP contribution is 2.41. The van der Waals surface area contributed by atoms with Crippen molar-refractivity contribution in [1.82, 2.24) is 4.98 Å². The number of ether oxygens (including phenoxy) is 1. The van der Waals surface area contributed by atoms with Crippen LogP contribution in [0.15, 0.2) is 53.5 Å². The Bertz CT molecular complexity index is 1110. The molecule has 2 bridgehead atoms. The number of fused-ring (bicyclic) bond motifs is 3. The van der Waals surface area contributed by atoms with Gasteiger partial charge in [0, 0.05) is 17.6 Å². The Morgan fingerprint density at radius 3 is 2.67 bits per heavy atom. The normalized spacial score (nSPS) is 25.9. The van der Waals surface area contributed by atoms with Gasteiger partial charge in [0.1, 0.15) is 11.9 Å². The van der Waals surface area contributed by atoms with Crippen LogP contribution in [-0.4, -0.2) is 17.1 Å². The van der Waals surface area contributed by atoms with Crippen LogP contribution >= 0.6 is 0 Å². The van der Waals surface area contributed by atoms with Gasteiger partial charge in [0.25, 0.3) is 5.56 Å². The molecule has 156 valence electrons. The average Bonchev–Trinajstić information content (AvgIpc) is 2.76. The van der Waals surface area contributed by atoms with Gasteiger partial charge in [-0.3, -0.25) is 4.79 Å². The standard InChI is InChI=1S/C26H30N2O2/c1-16-11-22-21(20(15-28-26(22)29)12-17-5-3-2-4-6-17)14-25(16)30-24-10-8-18-13-19(24)7-9-23(18)27/h2-6,11,14-15,18-19,23-24H,7-10,12-13,27H2,1H3,(H,28,29)/t18-,19-,23?,24?/m1/s1. The van der Waals surface area contributed by atoms with Crippen LogP contribution in [0.3, 0.4) is 0 Å². The highest BCUT2D eigenvalue weighted by Gasteiger charge is 2.38. The highest BCUT2D eigenvalue weighted by atomic mass is 16.5. The number of rotatable bonds is 4. The number of benzene rings is 2. The van der Waals surface area contributed by atoms with Crippen LogP contribution in [-0.2, 0) is 6.42 Å². The van der Waals surface area contributed by atoms with Gasteiger partial charge in [-0.25, -0.2) is 0 Å². The Hall–Kier alpha value is -2.59. The van der Waals surface area contributed by atoms with Crippen LogP contribution in [0.1, 0.15) is 48.8 Å². The van der Waals surface area contributed by atoms with Gasteiger partial charge in [-0.2, -0.15) is 0 Å². The zero-order chi connectivity index (χ0) is 20.7. The fourth-order valence-electron chi connectivity index (χ4n) is 5.46. The molecule has 2 unspecified atom stereocenters. The van der Waals surface area contributed by atoms with E-state index in [0.29, 0.717) is 17.9 Å². The van der Waals surface area contributed by atoms with Crippen LogP contribution in [0, 0.1) is 18.8 Å². The lowest BCUT2D eigenvalue weighted by atomic mass is 9.68. The van der Waals surface area contributed by atoms with Crippen molar-refractivity contribution in [2.45, 2.75) is 57.6 Å². The number of nitrogens with one attached hydrogen (secondary N) is 1. The van der Waals surface area contributed by atoms with Gasteiger partial charge in [0.2, 0.25) is 0 Å². The molecule has 2 fully saturated rings. The van der Waals surface area contributed by atoms with Crippen molar-refractivity contribution < 1.29 is 4.74 Å². The maximum Gasteiger partial charge on any atom is 0.255 e. The van der Waals surface area contributed by atoms with Crippen LogP contribution in [0.25, 0.3) is 10.8 Å². The van der Waals surface area contributed by atoms with Gasteiger partial charge in [0.15, 0.2) is 0 Å². The fraction of sp³-hybridized carbons (Fsp3) is 0.423. The highest BCUT2D eigenvalue weighted by molar-refractivity contribution is 5.87. The molecular formula is C26H30N2O2. The second-order valence-electron chi connectivity index (χ2n) is 9.20. The van der Waals surface area contributed by atoms with E-state index >= 15 is 0 Å². The lowest BCUT2D eigenvalue weighted by Gasteiger charge is -2.43. The third kappa shape index (κ3) is 3.65. The molecule has 4 atom stereocenters. The lowest BCUT2D eigenvalue weighted by Crippen LogP contribution is -2.45. The van der Waals surface area contributed by atoms with Crippen LogP contribution in [0.5, 0.6) is 5.75 Å². The molecule has 0 aliphatic heterocycles. The Morgan fingerprint density at radius 2 is 1.83 bits per heavy atom. The molecule has 2 aliphatic carbocycles. The minimum Gasteiger partial charge on any atom is -0.490 e. The SMILES string of the molecule is Cc1cc2c(=O)[nH]cc(Cc3ccccc3)c2cc1OC1CC[C@@H]2C[C@H]1CCC2N. The molecule has 0 radical (unpaired) electrons. The number of aryl methyl sites for hydroxylation is 1. The summed E-state index contributed by atoms with van der Waals surface area (Å²) in [5.41, 5.74) is 9.62. The number of hydrogen-bond acceptors (Lipinski definition) is 3. The molecule has 2 aliphatic rings. The number of aromatic nitrogens is 1. The Balaban J connectivity index is 1.48. The molecule has 2 saturated carbocycles. The summed E-state index contributed by atoms with van der Waals surface area (Å²) >= 11 is 0. The van der Waals surface area contributed by atoms with Crippen molar-refractivity contribution in [3.05, 3.63) is 75.7 Å². The van der Waals surface area contributed by atoms with Gasteiger partial charge in [-0.05, 0) is 91.5 Å². The molecule has 1 aromatic heterocycles. The summed E-state index contributed by atoms with van der Waals surface area (Å²) in [6.07, 6.45) is 8.59. The summed E-state index contributed by atoms with van der Waals surface area (Å²) in [7, 11) is 0. The second kappa shape index (κ2) is 7.92. The van der Waals surface area contributed by atoms with Crippen LogP contribution in [0.2, 0.25) is 0 Å². The smallest absolute Gasteiger partial charge is 0.255 e. The van der Waals surface area contributed by atoms with E-state index < -0.39 is 0 Å². The van der Waals surface area contributed by atoms with E-state index in [0.717, 1.165) is 59.8 Å².